The molecule has 2 N–H and O–H groups in total. The van der Waals surface area contributed by atoms with Crippen LogP contribution in [-0.4, -0.2) is 10.1 Å². The van der Waals surface area contributed by atoms with Gasteiger partial charge in [0.1, 0.15) is 17.4 Å². The second-order valence-electron chi connectivity index (χ2n) is 3.84. The molecule has 0 fully saturated rings. The van der Waals surface area contributed by atoms with E-state index in [4.69, 9.17) is 16.9 Å². The van der Waals surface area contributed by atoms with Gasteiger partial charge in [-0.3, -0.25) is 4.79 Å². The molecule has 1 aromatic carbocycles. The number of halogens is 1. The van der Waals surface area contributed by atoms with Crippen molar-refractivity contribution in [3.8, 4) is 23.1 Å². The largest absolute Gasteiger partial charge is 0.507 e. The van der Waals surface area contributed by atoms with E-state index in [9.17, 15) is 9.90 Å². The van der Waals surface area contributed by atoms with Gasteiger partial charge in [-0.1, -0.05) is 11.6 Å². The normalized spacial score (nSPS) is 10.1. The van der Waals surface area contributed by atoms with Gasteiger partial charge in [0, 0.05) is 10.6 Å². The van der Waals surface area contributed by atoms with Gasteiger partial charge in [0.25, 0.3) is 5.56 Å². The first kappa shape index (κ1) is 12.2. The number of benzene rings is 1. The second-order valence-corrected chi connectivity index (χ2v) is 4.28. The van der Waals surface area contributed by atoms with Gasteiger partial charge in [0.2, 0.25) is 0 Å². The zero-order chi connectivity index (χ0) is 13.3. The van der Waals surface area contributed by atoms with E-state index >= 15 is 0 Å². The molecule has 4 nitrogen and oxygen atoms in total. The number of aromatic hydroxyl groups is 1. The lowest BCUT2D eigenvalue weighted by Gasteiger charge is -2.07. The molecule has 1 heterocycles. The highest BCUT2D eigenvalue weighted by Gasteiger charge is 2.10. The average Bonchev–Trinajstić information content (AvgIpc) is 2.32. The van der Waals surface area contributed by atoms with Crippen molar-refractivity contribution in [2.75, 3.05) is 0 Å². The summed E-state index contributed by atoms with van der Waals surface area (Å²) in [4.78, 5) is 14.2. The molecule has 2 aromatic rings. The zero-order valence-electron chi connectivity index (χ0n) is 9.49. The summed E-state index contributed by atoms with van der Waals surface area (Å²) in [5.74, 6) is 0.0131. The summed E-state index contributed by atoms with van der Waals surface area (Å²) >= 11 is 5.85. The van der Waals surface area contributed by atoms with Crippen LogP contribution in [0.4, 0.5) is 0 Å². The summed E-state index contributed by atoms with van der Waals surface area (Å²) in [6.07, 6.45) is 0. The summed E-state index contributed by atoms with van der Waals surface area (Å²) in [5.41, 5.74) is 0.992. The van der Waals surface area contributed by atoms with Crippen LogP contribution in [0.15, 0.2) is 29.1 Å². The highest BCUT2D eigenvalue weighted by molar-refractivity contribution is 6.30. The van der Waals surface area contributed by atoms with E-state index in [0.717, 1.165) is 0 Å². The van der Waals surface area contributed by atoms with E-state index < -0.39 is 5.56 Å². The van der Waals surface area contributed by atoms with Crippen LogP contribution in [0.2, 0.25) is 5.02 Å². The number of phenols is 1. The van der Waals surface area contributed by atoms with Gasteiger partial charge in [0.05, 0.1) is 5.69 Å². The predicted molar refractivity (Wildman–Crippen MR) is 68.6 cm³/mol. The maximum absolute atomic E-state index is 11.7. The number of nitrogens with zero attached hydrogens (tertiary/aromatic N) is 1. The van der Waals surface area contributed by atoms with Crippen LogP contribution in [0.3, 0.4) is 0 Å². The van der Waals surface area contributed by atoms with E-state index in [1.54, 1.807) is 25.1 Å². The van der Waals surface area contributed by atoms with Crippen LogP contribution in [0, 0.1) is 18.3 Å². The SMILES string of the molecule is Cc1cc(-c2cc(Cl)ccc2O)[nH]c(=O)c1C#N. The number of nitriles is 1. The molecular weight excluding hydrogens is 252 g/mol. The first-order valence-corrected chi connectivity index (χ1v) is 5.53. The topological polar surface area (TPSA) is 76.9 Å². The summed E-state index contributed by atoms with van der Waals surface area (Å²) in [6.45, 7) is 1.67. The predicted octanol–water partition coefficient (Wildman–Crippen LogP) is 2.58. The van der Waals surface area contributed by atoms with E-state index in [1.807, 2.05) is 6.07 Å². The summed E-state index contributed by atoms with van der Waals surface area (Å²) < 4.78 is 0. The Hall–Kier alpha value is -2.25. The number of H-pyrrole nitrogens is 1. The molecule has 1 aromatic heterocycles. The molecule has 90 valence electrons. The van der Waals surface area contributed by atoms with Gasteiger partial charge in [0.15, 0.2) is 0 Å². The Bertz CT molecular complexity index is 714. The molecular formula is C13H9ClN2O2. The van der Waals surface area contributed by atoms with Crippen molar-refractivity contribution in [2.45, 2.75) is 6.92 Å². The number of rotatable bonds is 1. The Morgan fingerprint density at radius 1 is 1.39 bits per heavy atom. The van der Waals surface area contributed by atoms with E-state index in [-0.39, 0.29) is 11.3 Å². The van der Waals surface area contributed by atoms with Crippen molar-refractivity contribution in [3.63, 3.8) is 0 Å². The fourth-order valence-corrected chi connectivity index (χ4v) is 1.87. The first-order valence-electron chi connectivity index (χ1n) is 5.16. The van der Waals surface area contributed by atoms with Crippen molar-refractivity contribution in [1.82, 2.24) is 4.98 Å². The Kier molecular flexibility index (Phi) is 3.09. The van der Waals surface area contributed by atoms with Crippen molar-refractivity contribution in [3.05, 3.63) is 50.8 Å². The molecule has 0 atom stereocenters. The highest BCUT2D eigenvalue weighted by atomic mass is 35.5. The molecule has 0 radical (unpaired) electrons. The van der Waals surface area contributed by atoms with E-state index in [1.165, 1.54) is 6.07 Å². The Labute approximate surface area is 108 Å². The van der Waals surface area contributed by atoms with Crippen LogP contribution < -0.4 is 5.56 Å². The van der Waals surface area contributed by atoms with Gasteiger partial charge in [-0.05, 0) is 36.8 Å². The molecule has 0 aliphatic carbocycles. The Morgan fingerprint density at radius 2 is 2.11 bits per heavy atom. The number of aryl methyl sites for hydroxylation is 1. The monoisotopic (exact) mass is 260 g/mol. The van der Waals surface area contributed by atoms with Crippen molar-refractivity contribution < 1.29 is 5.11 Å². The molecule has 0 aliphatic rings. The van der Waals surface area contributed by atoms with Crippen LogP contribution in [0.5, 0.6) is 5.75 Å². The first-order chi connectivity index (χ1) is 8.52. The molecule has 0 unspecified atom stereocenters. The molecule has 18 heavy (non-hydrogen) atoms. The maximum Gasteiger partial charge on any atom is 0.266 e. The highest BCUT2D eigenvalue weighted by Crippen LogP contribution is 2.30. The minimum atomic E-state index is -0.480. The van der Waals surface area contributed by atoms with Gasteiger partial charge < -0.3 is 10.1 Å². The minimum absolute atomic E-state index is 0.0131. The van der Waals surface area contributed by atoms with Crippen LogP contribution in [0.1, 0.15) is 11.1 Å². The van der Waals surface area contributed by atoms with Gasteiger partial charge >= 0.3 is 0 Å². The number of hydrogen-bond acceptors (Lipinski definition) is 3. The molecule has 0 aliphatic heterocycles. The lowest BCUT2D eigenvalue weighted by molar-refractivity contribution is 0.477. The van der Waals surface area contributed by atoms with Crippen molar-refractivity contribution in [2.24, 2.45) is 0 Å². The number of pyridine rings is 1. The zero-order valence-corrected chi connectivity index (χ0v) is 10.2. The van der Waals surface area contributed by atoms with Gasteiger partial charge in [-0.2, -0.15) is 5.26 Å². The standard InChI is InChI=1S/C13H9ClN2O2/c1-7-4-11(16-13(18)10(7)6-15)9-5-8(14)2-3-12(9)17/h2-5,17H,1H3,(H,16,18). The molecule has 2 rings (SSSR count). The number of hydrogen-bond donors (Lipinski definition) is 2. The quantitative estimate of drug-likeness (QED) is 0.827. The van der Waals surface area contributed by atoms with Crippen molar-refractivity contribution >= 4 is 11.6 Å². The molecule has 0 saturated carbocycles. The fourth-order valence-electron chi connectivity index (χ4n) is 1.70. The lowest BCUT2D eigenvalue weighted by atomic mass is 10.1. The number of phenolic OH excluding ortho intramolecular Hbond substituents is 1. The Balaban J connectivity index is 2.70. The number of aromatic nitrogens is 1. The summed E-state index contributed by atoms with van der Waals surface area (Å²) in [7, 11) is 0. The third-order valence-corrected chi connectivity index (χ3v) is 2.83. The van der Waals surface area contributed by atoms with Gasteiger partial charge in [-0.15, -0.1) is 0 Å². The summed E-state index contributed by atoms with van der Waals surface area (Å²) in [6, 6.07) is 8.01. The fraction of sp³-hybridized carbons (Fsp3) is 0.0769. The molecule has 5 heteroatoms. The average molecular weight is 261 g/mol. The van der Waals surface area contributed by atoms with E-state index in [2.05, 4.69) is 4.98 Å². The minimum Gasteiger partial charge on any atom is -0.507 e. The number of aromatic amines is 1. The van der Waals surface area contributed by atoms with Crippen LogP contribution >= 0.6 is 11.6 Å². The molecule has 0 saturated heterocycles. The van der Waals surface area contributed by atoms with E-state index in [0.29, 0.717) is 21.8 Å². The third kappa shape index (κ3) is 2.08. The Morgan fingerprint density at radius 3 is 2.72 bits per heavy atom. The smallest absolute Gasteiger partial charge is 0.266 e. The second kappa shape index (κ2) is 4.55. The molecule has 0 amide bonds. The third-order valence-electron chi connectivity index (χ3n) is 2.59. The van der Waals surface area contributed by atoms with Crippen molar-refractivity contribution in [1.29, 1.82) is 5.26 Å². The van der Waals surface area contributed by atoms with Gasteiger partial charge in [-0.25, -0.2) is 0 Å². The summed E-state index contributed by atoms with van der Waals surface area (Å²) in [5, 5.41) is 19.0. The lowest BCUT2D eigenvalue weighted by Crippen LogP contribution is -2.12. The van der Waals surface area contributed by atoms with Crippen LogP contribution in [-0.2, 0) is 0 Å². The molecule has 0 bridgehead atoms. The number of nitrogens with one attached hydrogen (secondary N) is 1. The molecule has 0 spiro atoms. The van der Waals surface area contributed by atoms with Crippen LogP contribution in [0.25, 0.3) is 11.3 Å². The maximum atomic E-state index is 11.7.